The first kappa shape index (κ1) is 57.2. The van der Waals surface area contributed by atoms with Crippen LogP contribution in [0.5, 0.6) is 0 Å². The molecule has 9 rings (SSSR count). The molecule has 4 heteroatoms. The van der Waals surface area contributed by atoms with Crippen LogP contribution < -0.4 is 13.6 Å². The van der Waals surface area contributed by atoms with Gasteiger partial charge in [0.15, 0.2) is 0 Å². The van der Waals surface area contributed by atoms with Crippen molar-refractivity contribution in [2.75, 3.05) is 0 Å². The first-order valence-corrected chi connectivity index (χ1v) is 40.9. The third kappa shape index (κ3) is 10.1. The van der Waals surface area contributed by atoms with Gasteiger partial charge in [-0.05, 0) is 0 Å². The number of hydrogen-bond acceptors (Lipinski definition) is 0. The Bertz CT molecular complexity index is 3090. The van der Waals surface area contributed by atoms with Gasteiger partial charge in [-0.2, -0.15) is 0 Å². The van der Waals surface area contributed by atoms with E-state index >= 15 is 0 Å². The van der Waals surface area contributed by atoms with Crippen molar-refractivity contribution in [3.8, 4) is 33.4 Å². The number of allylic oxidation sites excluding steroid dienone is 2. The van der Waals surface area contributed by atoms with Gasteiger partial charge < -0.3 is 0 Å². The zero-order chi connectivity index (χ0) is 55.6. The molecule has 3 aliphatic rings. The summed E-state index contributed by atoms with van der Waals surface area (Å²) in [6.45, 7) is 47.5. The van der Waals surface area contributed by atoms with Crippen LogP contribution in [-0.2, 0) is 38.1 Å². The first-order valence-electron chi connectivity index (χ1n) is 29.0. The Hall–Kier alpha value is -3.52. The Morgan fingerprint density at radius 1 is 0.461 bits per heavy atom. The normalized spacial score (nSPS) is 17.6. The van der Waals surface area contributed by atoms with Gasteiger partial charge >= 0.3 is 476 Å². The molecule has 0 saturated carbocycles. The minimum atomic E-state index is -5.93. The van der Waals surface area contributed by atoms with Crippen LogP contribution in [0.1, 0.15) is 226 Å². The molecule has 0 nitrogen and oxygen atoms in total. The number of rotatable bonds is 11. The summed E-state index contributed by atoms with van der Waals surface area (Å²) in [7, 11) is 18.7. The molecule has 2 unspecified atom stereocenters. The van der Waals surface area contributed by atoms with Gasteiger partial charge in [0, 0.05) is 0 Å². The summed E-state index contributed by atoms with van der Waals surface area (Å²) >= 11 is -5.93. The summed E-state index contributed by atoms with van der Waals surface area (Å²) in [6, 6.07) is 41.4. The summed E-state index contributed by atoms with van der Waals surface area (Å²) in [6.07, 6.45) is 7.12. The molecule has 6 aromatic rings. The number of fused-ring (bicyclic) bond motifs is 5. The third-order valence-corrected chi connectivity index (χ3v) is 40.3. The molecule has 1 heterocycles. The average molecular weight is 1150 g/mol. The molecule has 0 N–H and O–H groups in total. The molecule has 76 heavy (non-hydrogen) atoms. The zero-order valence-electron chi connectivity index (χ0n) is 50.3. The zero-order valence-corrected chi connectivity index (χ0v) is 55.7. The molecule has 6 aromatic carbocycles. The van der Waals surface area contributed by atoms with Crippen LogP contribution in [0.25, 0.3) is 45.5 Å². The fraction of sp³-hybridized carbons (Fsp3) is 0.444. The van der Waals surface area contributed by atoms with Crippen LogP contribution in [-0.4, -0.2) is 9.52 Å². The van der Waals surface area contributed by atoms with Gasteiger partial charge in [-0.1, -0.05) is 0 Å². The fourth-order valence-electron chi connectivity index (χ4n) is 13.6. The molecule has 401 valence electrons. The van der Waals surface area contributed by atoms with Gasteiger partial charge in [0.1, 0.15) is 0 Å². The monoisotopic (exact) mass is 1140 g/mol. The summed E-state index contributed by atoms with van der Waals surface area (Å²) in [5.74, 6) is 1.41. The van der Waals surface area contributed by atoms with Crippen molar-refractivity contribution in [1.29, 1.82) is 0 Å². The molecule has 0 fully saturated rings. The second-order valence-electron chi connectivity index (χ2n) is 29.3. The summed E-state index contributed by atoms with van der Waals surface area (Å²) in [4.78, 5) is 0. The second kappa shape index (κ2) is 19.9. The van der Waals surface area contributed by atoms with Crippen LogP contribution in [0.15, 0.2) is 114 Å². The molecule has 0 radical (unpaired) electrons. The van der Waals surface area contributed by atoms with Crippen molar-refractivity contribution in [1.82, 2.24) is 0 Å². The minimum absolute atomic E-state index is 0.0319. The SMILES string of the molecule is CC(C)CC1=Cc2c(ccc(C(C)C)c2-c2cc(C(C)(C)C)cc(C(C)(C)C)c2)[CH]1[Zr]([Cl])([Cl])([c]1cccc2c1[SiH2]c1ccccc1-2)[CH]1C(CC(C)C)=Cc2c1ccc(C(C)C)c2-c1cc(C(C)(C)C)cc(C(C)(C)C)c1. The van der Waals surface area contributed by atoms with Gasteiger partial charge in [-0.15, -0.1) is 0 Å². The second-order valence-corrected chi connectivity index (χ2v) is 51.7. The maximum absolute atomic E-state index is 9.83. The molecular formula is C72H91Cl2SiZr. The van der Waals surface area contributed by atoms with E-state index in [1.54, 1.807) is 0 Å². The van der Waals surface area contributed by atoms with E-state index in [1.807, 2.05) is 0 Å². The number of hydrogen-bond donors (Lipinski definition) is 0. The van der Waals surface area contributed by atoms with E-state index in [0.717, 1.165) is 12.8 Å². The quantitative estimate of drug-likeness (QED) is 0.113. The fourth-order valence-corrected chi connectivity index (χ4v) is 41.4. The van der Waals surface area contributed by atoms with E-state index in [-0.39, 0.29) is 28.9 Å². The maximum atomic E-state index is 9.83. The molecule has 0 saturated heterocycles. The third-order valence-electron chi connectivity index (χ3n) is 17.5. The van der Waals surface area contributed by atoms with Gasteiger partial charge in [0.25, 0.3) is 0 Å². The van der Waals surface area contributed by atoms with Gasteiger partial charge in [0.05, 0.1) is 0 Å². The van der Waals surface area contributed by atoms with Crippen LogP contribution in [0.2, 0.25) is 0 Å². The Kier molecular flexibility index (Phi) is 15.0. The Labute approximate surface area is 472 Å². The van der Waals surface area contributed by atoms with Crippen molar-refractivity contribution in [3.05, 3.63) is 170 Å². The van der Waals surface area contributed by atoms with Crippen molar-refractivity contribution < 1.29 is 16.4 Å². The van der Waals surface area contributed by atoms with Gasteiger partial charge in [-0.25, -0.2) is 0 Å². The van der Waals surface area contributed by atoms with Gasteiger partial charge in [-0.3, -0.25) is 0 Å². The Morgan fingerprint density at radius 3 is 1.21 bits per heavy atom. The van der Waals surface area contributed by atoms with Crippen molar-refractivity contribution in [2.24, 2.45) is 11.8 Å². The van der Waals surface area contributed by atoms with Gasteiger partial charge in [0.2, 0.25) is 0 Å². The molecule has 0 amide bonds. The Balaban J connectivity index is 1.44. The summed E-state index contributed by atoms with van der Waals surface area (Å²) in [5.41, 5.74) is 24.4. The van der Waals surface area contributed by atoms with Crippen LogP contribution in [0.3, 0.4) is 0 Å². The predicted octanol–water partition coefficient (Wildman–Crippen LogP) is 19.5. The van der Waals surface area contributed by atoms with Crippen molar-refractivity contribution in [2.45, 2.75) is 192 Å². The van der Waals surface area contributed by atoms with Crippen molar-refractivity contribution in [3.63, 3.8) is 0 Å². The standard InChI is InChI=1S/2C30H41.C12H9Si.2ClH.Zr/c2*1-19(2)13-21-14-22-11-12-26(20(3)4)28(27(22)15-21)23-16-24(29(5,6)7)18-25(17-23)30(8,9)10;1-3-7-11-9(5-1)10-6-2-4-8-12(10)13-11;;;/h2*11-12,14-20H,13H2,1-10H3;1-7H,13H2;2*1H;/q;;;;;+2/p-2. The predicted molar refractivity (Wildman–Crippen MR) is 338 cm³/mol. The Morgan fingerprint density at radius 2 is 0.842 bits per heavy atom. The molecule has 1 aliphatic heterocycles. The van der Waals surface area contributed by atoms with Crippen LogP contribution >= 0.6 is 17.0 Å². The van der Waals surface area contributed by atoms with Crippen LogP contribution in [0, 0.1) is 11.8 Å². The first-order chi connectivity index (χ1) is 35.2. The molecule has 0 bridgehead atoms. The van der Waals surface area contributed by atoms with E-state index in [1.165, 1.54) is 114 Å². The molecular weight excluding hydrogens is 1060 g/mol. The van der Waals surface area contributed by atoms with E-state index < -0.39 is 25.9 Å². The molecule has 2 aliphatic carbocycles. The van der Waals surface area contributed by atoms with E-state index in [2.05, 4.69) is 254 Å². The molecule has 2 atom stereocenters. The van der Waals surface area contributed by atoms with E-state index in [0.29, 0.717) is 23.7 Å². The molecule has 0 spiro atoms. The van der Waals surface area contributed by atoms with Crippen molar-refractivity contribution >= 4 is 52.3 Å². The topological polar surface area (TPSA) is 0 Å². The van der Waals surface area contributed by atoms with E-state index in [4.69, 9.17) is 0 Å². The summed E-state index contributed by atoms with van der Waals surface area (Å²) in [5, 5.41) is 2.98. The average Bonchev–Trinajstić information content (AvgIpc) is 4.01. The number of halogens is 2. The van der Waals surface area contributed by atoms with Crippen LogP contribution in [0.4, 0.5) is 0 Å². The van der Waals surface area contributed by atoms with E-state index in [9.17, 15) is 17.0 Å². The molecule has 0 aromatic heterocycles. The number of benzene rings is 6. The summed E-state index contributed by atoms with van der Waals surface area (Å²) < 4.78 is 0.995.